The summed E-state index contributed by atoms with van der Waals surface area (Å²) in [6, 6.07) is 18.6. The molecule has 0 amide bonds. The third-order valence-electron chi connectivity index (χ3n) is 4.45. The summed E-state index contributed by atoms with van der Waals surface area (Å²) in [5.74, 6) is -0.501. The molecule has 1 heterocycles. The van der Waals surface area contributed by atoms with Crippen molar-refractivity contribution in [1.82, 2.24) is 0 Å². The number of ether oxygens (including phenoxy) is 3. The first-order valence-electron chi connectivity index (χ1n) is 8.22. The van der Waals surface area contributed by atoms with Crippen molar-refractivity contribution in [2.45, 2.75) is 5.92 Å². The quantitative estimate of drug-likeness (QED) is 0.893. The summed E-state index contributed by atoms with van der Waals surface area (Å²) in [5.41, 5.74) is 1.54. The monoisotopic (exact) mass is 359 g/mol. The molecule has 2 aromatic rings. The number of hydrogen-bond donors (Lipinski definition) is 1. The molecule has 1 aliphatic rings. The lowest BCUT2D eigenvalue weighted by molar-refractivity contribution is 0.387. The fraction of sp³-hybridized carbons (Fsp3) is 0.190. The summed E-state index contributed by atoms with van der Waals surface area (Å²) in [6.07, 6.45) is 0. The van der Waals surface area contributed by atoms with Crippen molar-refractivity contribution in [3.8, 4) is 23.6 Å². The maximum atomic E-state index is 9.90. The molecule has 6 heteroatoms. The van der Waals surface area contributed by atoms with E-state index in [0.717, 1.165) is 0 Å². The second-order valence-corrected chi connectivity index (χ2v) is 5.88. The van der Waals surface area contributed by atoms with Crippen LogP contribution in [0, 0.1) is 34.0 Å². The van der Waals surface area contributed by atoms with E-state index in [1.807, 2.05) is 18.2 Å². The summed E-state index contributed by atoms with van der Waals surface area (Å²) < 4.78 is 16.4. The molecule has 2 unspecified atom stereocenters. The van der Waals surface area contributed by atoms with Gasteiger partial charge in [0.1, 0.15) is 17.4 Å². The largest absolute Gasteiger partial charge is 0.497 e. The zero-order valence-electron chi connectivity index (χ0n) is 14.9. The highest BCUT2D eigenvalue weighted by Crippen LogP contribution is 2.45. The molecule has 0 bridgehead atoms. The second kappa shape index (κ2) is 7.63. The maximum Gasteiger partial charge on any atom is 0.205 e. The van der Waals surface area contributed by atoms with Crippen molar-refractivity contribution < 1.29 is 14.2 Å². The van der Waals surface area contributed by atoms with E-state index in [-0.39, 0.29) is 17.2 Å². The van der Waals surface area contributed by atoms with Crippen molar-refractivity contribution in [3.63, 3.8) is 0 Å². The van der Waals surface area contributed by atoms with Crippen molar-refractivity contribution >= 4 is 11.7 Å². The molecule has 1 N–H and O–H groups in total. The Kier molecular flexibility index (Phi) is 5.10. The molecule has 0 aromatic heterocycles. The van der Waals surface area contributed by atoms with Crippen molar-refractivity contribution in [2.24, 2.45) is 5.92 Å². The molecule has 27 heavy (non-hydrogen) atoms. The average molecular weight is 359 g/mol. The highest BCUT2D eigenvalue weighted by atomic mass is 16.5. The van der Waals surface area contributed by atoms with Gasteiger partial charge in [0, 0.05) is 11.1 Å². The topological polar surface area (TPSA) is 99.1 Å². The molecule has 0 saturated carbocycles. The third-order valence-corrected chi connectivity index (χ3v) is 4.45. The molecule has 0 saturated heterocycles. The number of nitrogens with zero attached hydrogens (tertiary/aromatic N) is 2. The van der Waals surface area contributed by atoms with Crippen LogP contribution in [0.1, 0.15) is 17.0 Å². The predicted octanol–water partition coefficient (Wildman–Crippen LogP) is 3.87. The standard InChI is InChI=1S/C21H17N3O3/c1-25-14-8-9-18(26-2)15(10-14)19-16(11-22)20(13-6-4-3-5-7-13)27-21(24)17(19)12-23/h3-10,17,19,24H,1-2H3. The zero-order chi connectivity index (χ0) is 19.4. The highest BCUT2D eigenvalue weighted by molar-refractivity contribution is 5.91. The highest BCUT2D eigenvalue weighted by Gasteiger charge is 2.41. The SMILES string of the molecule is COc1ccc(OC)c(C2C(C#N)=C(c3ccccc3)OC(=N)C2C#N)c1. The Morgan fingerprint density at radius 1 is 1.04 bits per heavy atom. The minimum Gasteiger partial charge on any atom is -0.497 e. The summed E-state index contributed by atoms with van der Waals surface area (Å²) in [6.45, 7) is 0. The Bertz CT molecular complexity index is 984. The molecule has 0 fully saturated rings. The zero-order valence-corrected chi connectivity index (χ0v) is 14.9. The van der Waals surface area contributed by atoms with E-state index in [1.165, 1.54) is 14.2 Å². The number of nitriles is 2. The Balaban J connectivity index is 2.29. The second-order valence-electron chi connectivity index (χ2n) is 5.88. The lowest BCUT2D eigenvalue weighted by Gasteiger charge is -2.30. The van der Waals surface area contributed by atoms with Gasteiger partial charge in [0.2, 0.25) is 5.90 Å². The lowest BCUT2D eigenvalue weighted by atomic mass is 9.78. The van der Waals surface area contributed by atoms with E-state index in [0.29, 0.717) is 22.6 Å². The van der Waals surface area contributed by atoms with Gasteiger partial charge < -0.3 is 14.2 Å². The first-order valence-corrected chi connectivity index (χ1v) is 8.22. The van der Waals surface area contributed by atoms with Gasteiger partial charge in [0.25, 0.3) is 0 Å². The van der Waals surface area contributed by atoms with Gasteiger partial charge in [-0.05, 0) is 18.2 Å². The van der Waals surface area contributed by atoms with E-state index in [9.17, 15) is 10.5 Å². The van der Waals surface area contributed by atoms with Crippen LogP contribution >= 0.6 is 0 Å². The van der Waals surface area contributed by atoms with Crippen LogP contribution in [0.4, 0.5) is 0 Å². The fourth-order valence-electron chi connectivity index (χ4n) is 3.16. The van der Waals surface area contributed by atoms with Crippen LogP contribution in [0.15, 0.2) is 54.1 Å². The van der Waals surface area contributed by atoms with Gasteiger partial charge in [0.15, 0.2) is 5.76 Å². The van der Waals surface area contributed by atoms with Crippen LogP contribution in [0.25, 0.3) is 5.76 Å². The van der Waals surface area contributed by atoms with Crippen molar-refractivity contribution in [2.75, 3.05) is 14.2 Å². The Morgan fingerprint density at radius 2 is 1.78 bits per heavy atom. The minimum atomic E-state index is -0.951. The summed E-state index contributed by atoms with van der Waals surface area (Å²) >= 11 is 0. The van der Waals surface area contributed by atoms with E-state index in [2.05, 4.69) is 12.1 Å². The molecule has 2 atom stereocenters. The van der Waals surface area contributed by atoms with Crippen LogP contribution in [0.3, 0.4) is 0 Å². The van der Waals surface area contributed by atoms with Gasteiger partial charge in [-0.1, -0.05) is 30.3 Å². The molecule has 0 radical (unpaired) electrons. The Hall–Kier alpha value is -3.77. The Labute approximate surface area is 157 Å². The van der Waals surface area contributed by atoms with E-state index in [4.69, 9.17) is 19.6 Å². The van der Waals surface area contributed by atoms with Gasteiger partial charge in [-0.2, -0.15) is 10.5 Å². The predicted molar refractivity (Wildman–Crippen MR) is 99.2 cm³/mol. The molecule has 2 aromatic carbocycles. The van der Waals surface area contributed by atoms with Crippen LogP contribution in [0.2, 0.25) is 0 Å². The molecule has 3 rings (SSSR count). The number of rotatable bonds is 4. The molecule has 1 aliphatic heterocycles. The van der Waals surface area contributed by atoms with Crippen molar-refractivity contribution in [3.05, 3.63) is 65.2 Å². The molecule has 0 aliphatic carbocycles. The summed E-state index contributed by atoms with van der Waals surface area (Å²) in [7, 11) is 3.06. The van der Waals surface area contributed by atoms with Gasteiger partial charge in [-0.15, -0.1) is 0 Å². The number of allylic oxidation sites excluding steroid dienone is 1. The first-order chi connectivity index (χ1) is 13.1. The van der Waals surface area contributed by atoms with Gasteiger partial charge in [-0.3, -0.25) is 5.41 Å². The number of methoxy groups -OCH3 is 2. The molecule has 134 valence electrons. The van der Waals surface area contributed by atoms with Gasteiger partial charge in [-0.25, -0.2) is 0 Å². The molecule has 6 nitrogen and oxygen atoms in total. The molecule has 0 spiro atoms. The summed E-state index contributed by atoms with van der Waals surface area (Å²) in [5, 5.41) is 27.8. The van der Waals surface area contributed by atoms with Crippen LogP contribution in [-0.2, 0) is 4.74 Å². The van der Waals surface area contributed by atoms with E-state index in [1.54, 1.807) is 30.3 Å². The minimum absolute atomic E-state index is 0.203. The van der Waals surface area contributed by atoms with E-state index >= 15 is 0 Å². The first kappa shape index (κ1) is 18.0. The number of benzene rings is 2. The van der Waals surface area contributed by atoms with Gasteiger partial charge >= 0.3 is 0 Å². The average Bonchev–Trinajstić information content (AvgIpc) is 2.73. The third kappa shape index (κ3) is 3.21. The van der Waals surface area contributed by atoms with Crippen LogP contribution in [-0.4, -0.2) is 20.1 Å². The normalized spacial score (nSPS) is 18.9. The molecular weight excluding hydrogens is 342 g/mol. The smallest absolute Gasteiger partial charge is 0.205 e. The maximum absolute atomic E-state index is 9.90. The number of hydrogen-bond acceptors (Lipinski definition) is 6. The van der Waals surface area contributed by atoms with Gasteiger partial charge in [0.05, 0.1) is 37.8 Å². The van der Waals surface area contributed by atoms with Crippen LogP contribution < -0.4 is 9.47 Å². The Morgan fingerprint density at radius 3 is 2.37 bits per heavy atom. The van der Waals surface area contributed by atoms with E-state index < -0.39 is 11.8 Å². The lowest BCUT2D eigenvalue weighted by Crippen LogP contribution is -2.29. The summed E-state index contributed by atoms with van der Waals surface area (Å²) in [4.78, 5) is 0. The number of nitrogens with one attached hydrogen (secondary N) is 1. The molecular formula is C21H17N3O3. The fourth-order valence-corrected chi connectivity index (χ4v) is 3.16. The van der Waals surface area contributed by atoms with Crippen LogP contribution in [0.5, 0.6) is 11.5 Å². The van der Waals surface area contributed by atoms with Crippen molar-refractivity contribution in [1.29, 1.82) is 15.9 Å².